The third kappa shape index (κ3) is 3.01. The molecule has 1 unspecified atom stereocenters. The molecule has 1 atom stereocenters. The summed E-state index contributed by atoms with van der Waals surface area (Å²) in [5.41, 5.74) is 1.27. The monoisotopic (exact) mass is 219 g/mol. The van der Waals surface area contributed by atoms with Crippen molar-refractivity contribution in [1.29, 1.82) is 0 Å². The van der Waals surface area contributed by atoms with Gasteiger partial charge in [0.15, 0.2) is 0 Å². The molecule has 1 aromatic rings. The van der Waals surface area contributed by atoms with E-state index in [1.165, 1.54) is 44.1 Å². The lowest BCUT2D eigenvalue weighted by molar-refractivity contribution is 0.305. The van der Waals surface area contributed by atoms with Crippen LogP contribution in [0.4, 0.5) is 0 Å². The Bertz CT molecular complexity index is 293. The smallest absolute Gasteiger partial charge is 0.0544 e. The molecule has 0 aliphatic heterocycles. The van der Waals surface area contributed by atoms with Crippen molar-refractivity contribution in [3.63, 3.8) is 0 Å². The average Bonchev–Trinajstić information content (AvgIpc) is 2.38. The number of hydrogen-bond acceptors (Lipinski definition) is 3. The second-order valence-electron chi connectivity index (χ2n) is 4.76. The summed E-state index contributed by atoms with van der Waals surface area (Å²) < 4.78 is 0. The Hall–Kier alpha value is -0.960. The molecule has 0 bridgehead atoms. The highest BCUT2D eigenvalue weighted by Crippen LogP contribution is 2.31. The molecule has 0 saturated heterocycles. The first-order chi connectivity index (χ1) is 7.90. The summed E-state index contributed by atoms with van der Waals surface area (Å²) in [5.74, 6) is 0.888. The van der Waals surface area contributed by atoms with Crippen LogP contribution in [0, 0.1) is 5.92 Å². The van der Waals surface area contributed by atoms with E-state index in [0.29, 0.717) is 6.04 Å². The first kappa shape index (κ1) is 11.5. The summed E-state index contributed by atoms with van der Waals surface area (Å²) in [5, 5.41) is 11.2. The SMILES string of the molecule is CNC(CC1CCCCC1)c1ccnnc1. The maximum Gasteiger partial charge on any atom is 0.0544 e. The molecule has 1 fully saturated rings. The molecule has 1 N–H and O–H groups in total. The van der Waals surface area contributed by atoms with Crippen LogP contribution in [-0.4, -0.2) is 17.2 Å². The topological polar surface area (TPSA) is 37.8 Å². The van der Waals surface area contributed by atoms with E-state index in [1.54, 1.807) is 6.20 Å². The molecule has 88 valence electrons. The van der Waals surface area contributed by atoms with Gasteiger partial charge >= 0.3 is 0 Å². The average molecular weight is 219 g/mol. The highest BCUT2D eigenvalue weighted by molar-refractivity contribution is 5.11. The van der Waals surface area contributed by atoms with Crippen molar-refractivity contribution in [1.82, 2.24) is 15.5 Å². The maximum absolute atomic E-state index is 3.96. The fourth-order valence-corrected chi connectivity index (χ4v) is 2.68. The second-order valence-corrected chi connectivity index (χ2v) is 4.76. The first-order valence-corrected chi connectivity index (χ1v) is 6.34. The Morgan fingerprint density at radius 3 is 2.75 bits per heavy atom. The van der Waals surface area contributed by atoms with E-state index in [-0.39, 0.29) is 0 Å². The molecule has 1 saturated carbocycles. The number of nitrogens with zero attached hydrogens (tertiary/aromatic N) is 2. The fourth-order valence-electron chi connectivity index (χ4n) is 2.68. The number of hydrogen-bond donors (Lipinski definition) is 1. The summed E-state index contributed by atoms with van der Waals surface area (Å²) in [6.45, 7) is 0. The standard InChI is InChI=1S/C13H21N3/c1-14-13(12-7-8-15-16-10-12)9-11-5-3-2-4-6-11/h7-8,10-11,13-14H,2-6,9H2,1H3. The van der Waals surface area contributed by atoms with Crippen molar-refractivity contribution < 1.29 is 0 Å². The van der Waals surface area contributed by atoms with Crippen LogP contribution in [0.25, 0.3) is 0 Å². The lowest BCUT2D eigenvalue weighted by Gasteiger charge is -2.26. The molecule has 1 aliphatic rings. The molecule has 0 radical (unpaired) electrons. The highest BCUT2D eigenvalue weighted by atomic mass is 15.1. The Labute approximate surface area is 97.7 Å². The van der Waals surface area contributed by atoms with Gasteiger partial charge in [-0.15, -0.1) is 0 Å². The minimum Gasteiger partial charge on any atom is -0.313 e. The first-order valence-electron chi connectivity index (χ1n) is 6.34. The van der Waals surface area contributed by atoms with Gasteiger partial charge in [-0.25, -0.2) is 0 Å². The van der Waals surface area contributed by atoms with Crippen LogP contribution in [0.5, 0.6) is 0 Å². The molecular weight excluding hydrogens is 198 g/mol. The summed E-state index contributed by atoms with van der Waals surface area (Å²) >= 11 is 0. The number of rotatable bonds is 4. The lowest BCUT2D eigenvalue weighted by Crippen LogP contribution is -2.21. The van der Waals surface area contributed by atoms with Gasteiger partial charge in [-0.2, -0.15) is 10.2 Å². The molecule has 3 nitrogen and oxygen atoms in total. The molecule has 1 heterocycles. The van der Waals surface area contributed by atoms with Crippen molar-refractivity contribution >= 4 is 0 Å². The molecule has 2 rings (SSSR count). The maximum atomic E-state index is 3.96. The zero-order valence-corrected chi connectivity index (χ0v) is 10.0. The quantitative estimate of drug-likeness (QED) is 0.846. The molecule has 16 heavy (non-hydrogen) atoms. The lowest BCUT2D eigenvalue weighted by atomic mass is 9.83. The van der Waals surface area contributed by atoms with Gasteiger partial charge in [0.2, 0.25) is 0 Å². The highest BCUT2D eigenvalue weighted by Gasteiger charge is 2.19. The van der Waals surface area contributed by atoms with Gasteiger partial charge in [0.1, 0.15) is 0 Å². The molecule has 0 spiro atoms. The summed E-state index contributed by atoms with van der Waals surface area (Å²) in [4.78, 5) is 0. The van der Waals surface area contributed by atoms with Crippen molar-refractivity contribution in [2.75, 3.05) is 7.05 Å². The van der Waals surface area contributed by atoms with Crippen LogP contribution in [-0.2, 0) is 0 Å². The minimum absolute atomic E-state index is 0.443. The van der Waals surface area contributed by atoms with Gasteiger partial charge in [0.05, 0.1) is 6.20 Å². The van der Waals surface area contributed by atoms with E-state index in [2.05, 4.69) is 21.6 Å². The number of nitrogens with one attached hydrogen (secondary N) is 1. The number of aromatic nitrogens is 2. The van der Waals surface area contributed by atoms with Crippen LogP contribution in [0.3, 0.4) is 0 Å². The predicted molar refractivity (Wildman–Crippen MR) is 65.0 cm³/mol. The van der Waals surface area contributed by atoms with E-state index in [4.69, 9.17) is 0 Å². The Morgan fingerprint density at radius 1 is 1.31 bits per heavy atom. The Kier molecular flexibility index (Phi) is 4.28. The van der Waals surface area contributed by atoms with Crippen molar-refractivity contribution in [3.8, 4) is 0 Å². The molecule has 0 aromatic carbocycles. The predicted octanol–water partition coefficient (Wildman–Crippen LogP) is 2.71. The van der Waals surface area contributed by atoms with Gasteiger partial charge in [0, 0.05) is 12.2 Å². The van der Waals surface area contributed by atoms with Crippen LogP contribution in [0.2, 0.25) is 0 Å². The van der Waals surface area contributed by atoms with Crippen LogP contribution in [0.1, 0.15) is 50.1 Å². The largest absolute Gasteiger partial charge is 0.313 e. The van der Waals surface area contributed by atoms with E-state index < -0.39 is 0 Å². The van der Waals surface area contributed by atoms with E-state index >= 15 is 0 Å². The van der Waals surface area contributed by atoms with Gasteiger partial charge in [-0.1, -0.05) is 32.1 Å². The minimum atomic E-state index is 0.443. The van der Waals surface area contributed by atoms with Gasteiger partial charge in [0.25, 0.3) is 0 Å². The van der Waals surface area contributed by atoms with Crippen molar-refractivity contribution in [3.05, 3.63) is 24.0 Å². The normalized spacial score (nSPS) is 19.6. The molecule has 3 heteroatoms. The van der Waals surface area contributed by atoms with E-state index in [0.717, 1.165) is 5.92 Å². The molecule has 1 aliphatic carbocycles. The van der Waals surface area contributed by atoms with Crippen molar-refractivity contribution in [2.24, 2.45) is 5.92 Å². The molecule has 0 amide bonds. The third-order valence-electron chi connectivity index (χ3n) is 3.65. The Balaban J connectivity index is 1.94. The van der Waals surface area contributed by atoms with Crippen LogP contribution < -0.4 is 5.32 Å². The summed E-state index contributed by atoms with van der Waals surface area (Å²) in [7, 11) is 2.04. The van der Waals surface area contributed by atoms with E-state index in [1.807, 2.05) is 13.2 Å². The Morgan fingerprint density at radius 2 is 2.12 bits per heavy atom. The molecule has 1 aromatic heterocycles. The second kappa shape index (κ2) is 5.94. The van der Waals surface area contributed by atoms with Gasteiger partial charge in [-0.3, -0.25) is 0 Å². The zero-order valence-electron chi connectivity index (χ0n) is 10.0. The van der Waals surface area contributed by atoms with Gasteiger partial charge in [-0.05, 0) is 31.0 Å². The van der Waals surface area contributed by atoms with Crippen molar-refractivity contribution in [2.45, 2.75) is 44.6 Å². The van der Waals surface area contributed by atoms with Gasteiger partial charge < -0.3 is 5.32 Å². The summed E-state index contributed by atoms with van der Waals surface area (Å²) in [6.07, 6.45) is 11.9. The zero-order chi connectivity index (χ0) is 11.2. The van der Waals surface area contributed by atoms with E-state index in [9.17, 15) is 0 Å². The van der Waals surface area contributed by atoms with Crippen LogP contribution >= 0.6 is 0 Å². The molecular formula is C13H21N3. The fraction of sp³-hybridized carbons (Fsp3) is 0.692. The summed E-state index contributed by atoms with van der Waals surface area (Å²) in [6, 6.07) is 2.51. The van der Waals surface area contributed by atoms with Crippen LogP contribution in [0.15, 0.2) is 18.5 Å². The third-order valence-corrected chi connectivity index (χ3v) is 3.65.